The maximum Gasteiger partial charge on any atom is 0.240 e. The first-order valence-corrected chi connectivity index (χ1v) is 6.86. The minimum atomic E-state index is -0.0593. The van der Waals surface area contributed by atoms with E-state index in [1.165, 1.54) is 12.8 Å². The molecule has 1 aliphatic rings. The number of carbonyl (C=O) groups excluding carboxylic acids is 1. The maximum absolute atomic E-state index is 11.9. The summed E-state index contributed by atoms with van der Waals surface area (Å²) in [5.74, 6) is 0.355. The highest BCUT2D eigenvalue weighted by Gasteiger charge is 2.19. The Bertz CT molecular complexity index is 413. The van der Waals surface area contributed by atoms with Crippen LogP contribution >= 0.6 is 0 Å². The number of amides is 1. The van der Waals surface area contributed by atoms with Gasteiger partial charge in [0, 0.05) is 18.7 Å². The minimum absolute atomic E-state index is 0.0593. The molecule has 1 unspecified atom stereocenters. The van der Waals surface area contributed by atoms with Crippen LogP contribution < -0.4 is 10.6 Å². The largest absolute Gasteiger partial charge is 0.338 e. The van der Waals surface area contributed by atoms with Gasteiger partial charge in [-0.05, 0) is 32.9 Å². The van der Waals surface area contributed by atoms with Gasteiger partial charge in [0.25, 0.3) is 0 Å². The van der Waals surface area contributed by atoms with E-state index in [1.54, 1.807) is 6.07 Å². The predicted octanol–water partition coefficient (Wildman–Crippen LogP) is 0.995. The number of aromatic nitrogens is 1. The van der Waals surface area contributed by atoms with Crippen LogP contribution in [0.4, 0.5) is 5.88 Å². The highest BCUT2D eigenvalue weighted by atomic mass is 16.5. The summed E-state index contributed by atoms with van der Waals surface area (Å²) < 4.78 is 4.97. The Labute approximate surface area is 113 Å². The van der Waals surface area contributed by atoms with Crippen molar-refractivity contribution in [3.63, 3.8) is 0 Å². The maximum atomic E-state index is 11.9. The zero-order valence-corrected chi connectivity index (χ0v) is 11.6. The number of rotatable bonds is 6. The van der Waals surface area contributed by atoms with Crippen LogP contribution in [0, 0.1) is 6.92 Å². The van der Waals surface area contributed by atoms with Crippen LogP contribution in [0.2, 0.25) is 0 Å². The van der Waals surface area contributed by atoms with E-state index in [2.05, 4.69) is 27.6 Å². The Morgan fingerprint density at radius 3 is 3.11 bits per heavy atom. The molecule has 1 aromatic heterocycles. The van der Waals surface area contributed by atoms with Gasteiger partial charge in [-0.3, -0.25) is 15.0 Å². The second kappa shape index (κ2) is 6.68. The third-order valence-electron chi connectivity index (χ3n) is 3.35. The van der Waals surface area contributed by atoms with Gasteiger partial charge in [0.2, 0.25) is 11.8 Å². The average molecular weight is 266 g/mol. The highest BCUT2D eigenvalue weighted by molar-refractivity contribution is 5.90. The first-order valence-electron chi connectivity index (χ1n) is 6.86. The Morgan fingerprint density at radius 2 is 2.53 bits per heavy atom. The Kier molecular flexibility index (Phi) is 4.93. The van der Waals surface area contributed by atoms with Gasteiger partial charge in [-0.25, -0.2) is 0 Å². The second-order valence-electron chi connectivity index (χ2n) is 5.00. The van der Waals surface area contributed by atoms with Gasteiger partial charge in [-0.15, -0.1) is 0 Å². The van der Waals surface area contributed by atoms with Crippen molar-refractivity contribution >= 4 is 11.8 Å². The highest BCUT2D eigenvalue weighted by Crippen LogP contribution is 2.09. The number of nitrogens with one attached hydrogen (secondary N) is 2. The molecule has 0 saturated carbocycles. The molecule has 1 aromatic rings. The van der Waals surface area contributed by atoms with E-state index in [-0.39, 0.29) is 5.91 Å². The predicted molar refractivity (Wildman–Crippen MR) is 73.0 cm³/mol. The molecule has 1 amide bonds. The minimum Gasteiger partial charge on any atom is -0.338 e. The lowest BCUT2D eigenvalue weighted by Crippen LogP contribution is -2.41. The van der Waals surface area contributed by atoms with E-state index >= 15 is 0 Å². The van der Waals surface area contributed by atoms with Crippen LogP contribution in [-0.2, 0) is 4.79 Å². The van der Waals surface area contributed by atoms with Gasteiger partial charge in [-0.1, -0.05) is 12.1 Å². The molecule has 2 heterocycles. The van der Waals surface area contributed by atoms with Crippen molar-refractivity contribution in [2.24, 2.45) is 0 Å². The summed E-state index contributed by atoms with van der Waals surface area (Å²) in [4.78, 5) is 14.0. The molecule has 1 saturated heterocycles. The van der Waals surface area contributed by atoms with Crippen LogP contribution in [0.3, 0.4) is 0 Å². The molecular weight excluding hydrogens is 244 g/mol. The van der Waals surface area contributed by atoms with E-state index in [4.69, 9.17) is 4.52 Å². The SMILES string of the molecule is CCN(CC(=O)Nc1cc(C)no1)CC1CCCN1. The van der Waals surface area contributed by atoms with E-state index in [0.29, 0.717) is 18.5 Å². The van der Waals surface area contributed by atoms with Crippen molar-refractivity contribution in [2.45, 2.75) is 32.7 Å². The van der Waals surface area contributed by atoms with Crippen LogP contribution in [0.1, 0.15) is 25.5 Å². The van der Waals surface area contributed by atoms with Crippen molar-refractivity contribution in [2.75, 3.05) is 31.5 Å². The first kappa shape index (κ1) is 14.0. The van der Waals surface area contributed by atoms with E-state index in [0.717, 1.165) is 25.3 Å². The van der Waals surface area contributed by atoms with Crippen molar-refractivity contribution < 1.29 is 9.32 Å². The fraction of sp³-hybridized carbons (Fsp3) is 0.692. The van der Waals surface area contributed by atoms with E-state index in [9.17, 15) is 4.79 Å². The summed E-state index contributed by atoms with van der Waals surface area (Å²) in [5, 5.41) is 9.91. The van der Waals surface area contributed by atoms with E-state index < -0.39 is 0 Å². The van der Waals surface area contributed by atoms with Crippen LogP contribution in [0.5, 0.6) is 0 Å². The second-order valence-corrected chi connectivity index (χ2v) is 5.00. The number of aryl methyl sites for hydroxylation is 1. The molecule has 0 aromatic carbocycles. The summed E-state index contributed by atoms with van der Waals surface area (Å²) in [6, 6.07) is 2.23. The van der Waals surface area contributed by atoms with Gasteiger partial charge in [-0.2, -0.15) is 0 Å². The summed E-state index contributed by atoms with van der Waals surface area (Å²) in [6.45, 7) is 7.14. The third kappa shape index (κ3) is 4.33. The zero-order chi connectivity index (χ0) is 13.7. The molecule has 0 bridgehead atoms. The summed E-state index contributed by atoms with van der Waals surface area (Å²) >= 11 is 0. The summed E-state index contributed by atoms with van der Waals surface area (Å²) in [6.07, 6.45) is 2.42. The fourth-order valence-electron chi connectivity index (χ4n) is 2.33. The summed E-state index contributed by atoms with van der Waals surface area (Å²) in [7, 11) is 0. The monoisotopic (exact) mass is 266 g/mol. The molecule has 19 heavy (non-hydrogen) atoms. The quantitative estimate of drug-likeness (QED) is 0.803. The molecular formula is C13H22N4O2. The van der Waals surface area contributed by atoms with Crippen molar-refractivity contribution in [3.05, 3.63) is 11.8 Å². The molecule has 6 nitrogen and oxygen atoms in total. The Morgan fingerprint density at radius 1 is 1.68 bits per heavy atom. The van der Waals surface area contributed by atoms with Gasteiger partial charge >= 0.3 is 0 Å². The lowest BCUT2D eigenvalue weighted by atomic mass is 10.2. The molecule has 1 atom stereocenters. The van der Waals surface area contributed by atoms with Crippen molar-refractivity contribution in [1.82, 2.24) is 15.4 Å². The standard InChI is InChI=1S/C13H22N4O2/c1-3-17(8-11-5-4-6-14-11)9-12(18)15-13-7-10(2)16-19-13/h7,11,14H,3-6,8-9H2,1-2H3,(H,15,18). The number of likely N-dealkylation sites (N-methyl/N-ethyl adjacent to an activating group) is 1. The lowest BCUT2D eigenvalue weighted by molar-refractivity contribution is -0.117. The molecule has 0 aliphatic carbocycles. The zero-order valence-electron chi connectivity index (χ0n) is 11.6. The topological polar surface area (TPSA) is 70.4 Å². The number of hydrogen-bond donors (Lipinski definition) is 2. The normalized spacial score (nSPS) is 19.0. The van der Waals surface area contributed by atoms with Crippen LogP contribution in [0.25, 0.3) is 0 Å². The lowest BCUT2D eigenvalue weighted by Gasteiger charge is -2.23. The molecule has 6 heteroatoms. The molecule has 1 aliphatic heterocycles. The Balaban J connectivity index is 1.78. The van der Waals surface area contributed by atoms with Gasteiger partial charge in [0.15, 0.2) is 0 Å². The number of anilines is 1. The van der Waals surface area contributed by atoms with Gasteiger partial charge < -0.3 is 9.84 Å². The third-order valence-corrected chi connectivity index (χ3v) is 3.35. The molecule has 2 N–H and O–H groups in total. The van der Waals surface area contributed by atoms with Gasteiger partial charge in [0.1, 0.15) is 0 Å². The first-order chi connectivity index (χ1) is 9.17. The van der Waals surface area contributed by atoms with Crippen molar-refractivity contribution in [3.8, 4) is 0 Å². The molecule has 0 radical (unpaired) electrons. The number of hydrogen-bond acceptors (Lipinski definition) is 5. The Hall–Kier alpha value is -1.40. The summed E-state index contributed by atoms with van der Waals surface area (Å²) in [5.41, 5.74) is 0.762. The smallest absolute Gasteiger partial charge is 0.240 e. The van der Waals surface area contributed by atoms with Crippen molar-refractivity contribution in [1.29, 1.82) is 0 Å². The average Bonchev–Trinajstić information content (AvgIpc) is 3.00. The van der Waals surface area contributed by atoms with Crippen LogP contribution in [-0.4, -0.2) is 48.2 Å². The fourth-order valence-corrected chi connectivity index (χ4v) is 2.33. The number of carbonyl (C=O) groups is 1. The molecule has 1 fully saturated rings. The molecule has 0 spiro atoms. The van der Waals surface area contributed by atoms with E-state index in [1.807, 2.05) is 6.92 Å². The number of nitrogens with zero attached hydrogens (tertiary/aromatic N) is 2. The van der Waals surface area contributed by atoms with Gasteiger partial charge in [0.05, 0.1) is 12.2 Å². The molecule has 106 valence electrons. The van der Waals surface area contributed by atoms with Crippen LogP contribution in [0.15, 0.2) is 10.6 Å². The molecule has 2 rings (SSSR count).